The molecule has 12 aromatic rings. The maximum absolute atomic E-state index is 2.50. The first kappa shape index (κ1) is 31.7. The molecule has 57 heavy (non-hydrogen) atoms. The van der Waals surface area contributed by atoms with E-state index < -0.39 is 0 Å². The normalized spacial score (nSPS) is 11.9. The second-order valence-electron chi connectivity index (χ2n) is 14.9. The summed E-state index contributed by atoms with van der Waals surface area (Å²) in [6, 6.07) is 77.4. The number of hydrogen-bond donors (Lipinski definition) is 0. The zero-order valence-electron chi connectivity index (χ0n) is 31.0. The molecule has 0 saturated carbocycles. The maximum atomic E-state index is 2.50. The van der Waals surface area contributed by atoms with Crippen molar-refractivity contribution >= 4 is 65.4 Å². The van der Waals surface area contributed by atoms with Gasteiger partial charge in [0, 0.05) is 54.8 Å². The average molecular weight is 726 g/mol. The van der Waals surface area contributed by atoms with Crippen LogP contribution in [0.1, 0.15) is 0 Å². The van der Waals surface area contributed by atoms with Crippen molar-refractivity contribution < 1.29 is 0 Å². The van der Waals surface area contributed by atoms with Crippen LogP contribution in [-0.2, 0) is 0 Å². The number of benzene rings is 9. The maximum Gasteiger partial charge on any atom is 0.0641 e. The second kappa shape index (κ2) is 12.5. The molecule has 0 aliphatic heterocycles. The van der Waals surface area contributed by atoms with E-state index >= 15 is 0 Å². The van der Waals surface area contributed by atoms with Crippen molar-refractivity contribution in [3.63, 3.8) is 0 Å². The lowest BCUT2D eigenvalue weighted by Crippen LogP contribution is -1.99. The van der Waals surface area contributed by atoms with Gasteiger partial charge in [0.2, 0.25) is 0 Å². The van der Waals surface area contributed by atoms with Crippen LogP contribution in [0.4, 0.5) is 0 Å². The molecule has 0 aliphatic rings. The van der Waals surface area contributed by atoms with Crippen molar-refractivity contribution in [2.75, 3.05) is 0 Å². The Morgan fingerprint density at radius 1 is 0.263 bits per heavy atom. The minimum absolute atomic E-state index is 1.15. The van der Waals surface area contributed by atoms with Gasteiger partial charge in [0.1, 0.15) is 0 Å². The van der Waals surface area contributed by atoms with Crippen molar-refractivity contribution in [2.24, 2.45) is 0 Å². The number of rotatable bonds is 5. The third kappa shape index (κ3) is 4.66. The number of hydrogen-bond acceptors (Lipinski definition) is 0. The highest BCUT2D eigenvalue weighted by molar-refractivity contribution is 6.26. The Bertz CT molecular complexity index is 3510. The van der Waals surface area contributed by atoms with Crippen LogP contribution in [0, 0.1) is 0 Å². The highest BCUT2D eigenvalue weighted by Gasteiger charge is 2.23. The van der Waals surface area contributed by atoms with Crippen LogP contribution in [-0.4, -0.2) is 13.7 Å². The monoisotopic (exact) mass is 725 g/mol. The first-order valence-corrected chi connectivity index (χ1v) is 19.6. The fourth-order valence-corrected chi connectivity index (χ4v) is 9.47. The molecule has 12 rings (SSSR count). The molecule has 0 radical (unpaired) electrons. The lowest BCUT2D eigenvalue weighted by Gasteiger charge is -2.17. The van der Waals surface area contributed by atoms with Gasteiger partial charge < -0.3 is 13.7 Å². The molecule has 3 heteroatoms. The second-order valence-corrected chi connectivity index (χ2v) is 14.9. The van der Waals surface area contributed by atoms with E-state index in [1.54, 1.807) is 0 Å². The van der Waals surface area contributed by atoms with E-state index in [1.165, 1.54) is 87.7 Å². The SMILES string of the molecule is c1ccc(-c2cccc(-n3c4ccccc4c4ccc5c(c6ccccc6n5-c5ccccc5-c5cccc6c7ccccc7n(-c7ccccc7)c56)c43)c2)cc1. The van der Waals surface area contributed by atoms with Crippen molar-refractivity contribution in [3.05, 3.63) is 212 Å². The Hall–Kier alpha value is -7.62. The van der Waals surface area contributed by atoms with Crippen LogP contribution in [0.2, 0.25) is 0 Å². The lowest BCUT2D eigenvalue weighted by atomic mass is 10.00. The first-order valence-electron chi connectivity index (χ1n) is 19.6. The summed E-state index contributed by atoms with van der Waals surface area (Å²) < 4.78 is 7.42. The highest BCUT2D eigenvalue weighted by Crippen LogP contribution is 2.45. The van der Waals surface area contributed by atoms with E-state index in [9.17, 15) is 0 Å². The Morgan fingerprint density at radius 3 is 1.53 bits per heavy atom. The Labute approximate surface area is 329 Å². The zero-order chi connectivity index (χ0) is 37.5. The van der Waals surface area contributed by atoms with Crippen molar-refractivity contribution in [1.29, 1.82) is 0 Å². The molecule has 9 aromatic carbocycles. The van der Waals surface area contributed by atoms with Crippen LogP contribution in [0.3, 0.4) is 0 Å². The van der Waals surface area contributed by atoms with Crippen LogP contribution in [0.5, 0.6) is 0 Å². The van der Waals surface area contributed by atoms with Crippen LogP contribution in [0.15, 0.2) is 212 Å². The van der Waals surface area contributed by atoms with Crippen molar-refractivity contribution in [2.45, 2.75) is 0 Å². The van der Waals surface area contributed by atoms with Gasteiger partial charge in [-0.15, -0.1) is 0 Å². The summed E-state index contributed by atoms with van der Waals surface area (Å²) in [5.41, 5.74) is 15.4. The molecule has 3 heterocycles. The van der Waals surface area contributed by atoms with E-state index in [0.717, 1.165) is 17.1 Å². The van der Waals surface area contributed by atoms with Gasteiger partial charge in [-0.05, 0) is 65.7 Å². The molecule has 0 amide bonds. The Kier molecular flexibility index (Phi) is 6.93. The summed E-state index contributed by atoms with van der Waals surface area (Å²) in [5.74, 6) is 0. The fourth-order valence-electron chi connectivity index (χ4n) is 9.47. The quantitative estimate of drug-likeness (QED) is 0.168. The molecule has 0 unspecified atom stereocenters. The number of aromatic nitrogens is 3. The fraction of sp³-hybridized carbons (Fsp3) is 0. The van der Waals surface area contributed by atoms with E-state index in [0.29, 0.717) is 0 Å². The van der Waals surface area contributed by atoms with Crippen molar-refractivity contribution in [3.8, 4) is 39.3 Å². The highest BCUT2D eigenvalue weighted by atomic mass is 15.0. The summed E-state index contributed by atoms with van der Waals surface area (Å²) in [6.45, 7) is 0. The predicted octanol–water partition coefficient (Wildman–Crippen LogP) is 14.3. The minimum Gasteiger partial charge on any atom is -0.309 e. The summed E-state index contributed by atoms with van der Waals surface area (Å²) in [4.78, 5) is 0. The van der Waals surface area contributed by atoms with E-state index in [-0.39, 0.29) is 0 Å². The van der Waals surface area contributed by atoms with E-state index in [2.05, 4.69) is 226 Å². The van der Waals surface area contributed by atoms with E-state index in [4.69, 9.17) is 0 Å². The summed E-state index contributed by atoms with van der Waals surface area (Å²) in [5, 5.41) is 7.46. The molecular weight excluding hydrogens is 691 g/mol. The number of nitrogens with zero attached hydrogens (tertiary/aromatic N) is 3. The van der Waals surface area contributed by atoms with Gasteiger partial charge in [-0.2, -0.15) is 0 Å². The van der Waals surface area contributed by atoms with Gasteiger partial charge >= 0.3 is 0 Å². The Balaban J connectivity index is 1.18. The van der Waals surface area contributed by atoms with Gasteiger partial charge in [0.25, 0.3) is 0 Å². The number of para-hydroxylation sites is 6. The lowest BCUT2D eigenvalue weighted by molar-refractivity contribution is 1.17. The van der Waals surface area contributed by atoms with Crippen LogP contribution < -0.4 is 0 Å². The molecule has 266 valence electrons. The summed E-state index contributed by atoms with van der Waals surface area (Å²) in [7, 11) is 0. The smallest absolute Gasteiger partial charge is 0.0641 e. The Morgan fingerprint density at radius 2 is 0.772 bits per heavy atom. The van der Waals surface area contributed by atoms with Gasteiger partial charge in [0.15, 0.2) is 0 Å². The molecule has 3 aromatic heterocycles. The minimum atomic E-state index is 1.15. The molecule has 0 N–H and O–H groups in total. The van der Waals surface area contributed by atoms with Crippen LogP contribution in [0.25, 0.3) is 105 Å². The van der Waals surface area contributed by atoms with Gasteiger partial charge in [-0.1, -0.05) is 158 Å². The molecule has 0 bridgehead atoms. The topological polar surface area (TPSA) is 14.8 Å². The van der Waals surface area contributed by atoms with Crippen LogP contribution >= 0.6 is 0 Å². The van der Waals surface area contributed by atoms with Crippen molar-refractivity contribution in [1.82, 2.24) is 13.7 Å². The standard InChI is InChI=1S/C54H35N3/c1-3-17-36(18-4-1)37-19-15-22-39(35-37)56-48-30-12-8-25-42(48)45-33-34-51-52(54(45)56)46-26-10-14-32-50(46)57(51)49-31-13-9-24-41(49)44-28-16-27-43-40-23-7-11-29-47(40)55(53(43)44)38-20-5-2-6-21-38/h1-35H. The van der Waals surface area contributed by atoms with E-state index in [1.807, 2.05) is 0 Å². The average Bonchev–Trinajstić information content (AvgIpc) is 3.93. The van der Waals surface area contributed by atoms with Gasteiger partial charge in [-0.3, -0.25) is 0 Å². The molecule has 0 aliphatic carbocycles. The molecule has 0 spiro atoms. The molecule has 3 nitrogen and oxygen atoms in total. The third-order valence-electron chi connectivity index (χ3n) is 11.8. The summed E-state index contributed by atoms with van der Waals surface area (Å²) in [6.07, 6.45) is 0. The molecule has 0 saturated heterocycles. The molecular formula is C54H35N3. The molecule has 0 fully saturated rings. The first-order chi connectivity index (χ1) is 28.3. The van der Waals surface area contributed by atoms with Gasteiger partial charge in [-0.25, -0.2) is 0 Å². The van der Waals surface area contributed by atoms with Gasteiger partial charge in [0.05, 0.1) is 38.8 Å². The largest absolute Gasteiger partial charge is 0.309 e. The zero-order valence-corrected chi connectivity index (χ0v) is 31.0. The third-order valence-corrected chi connectivity index (χ3v) is 11.8. The summed E-state index contributed by atoms with van der Waals surface area (Å²) >= 11 is 0. The number of fused-ring (bicyclic) bond motifs is 10. The predicted molar refractivity (Wildman–Crippen MR) is 240 cm³/mol. The molecule has 0 atom stereocenters.